The van der Waals surface area contributed by atoms with Gasteiger partial charge in [0.25, 0.3) is 0 Å². The van der Waals surface area contributed by atoms with Crippen molar-refractivity contribution in [3.8, 4) is 0 Å². The average Bonchev–Trinajstić information content (AvgIpc) is 3.10. The van der Waals surface area contributed by atoms with Crippen LogP contribution in [0, 0.1) is 5.92 Å². The van der Waals surface area contributed by atoms with Crippen molar-refractivity contribution in [3.63, 3.8) is 0 Å². The van der Waals surface area contributed by atoms with Gasteiger partial charge in [0.2, 0.25) is 5.91 Å². The van der Waals surface area contributed by atoms with Crippen LogP contribution < -0.4 is 5.32 Å². The van der Waals surface area contributed by atoms with Gasteiger partial charge < -0.3 is 47.9 Å². The smallest absolute Gasteiger partial charge is 0.332 e. The summed E-state index contributed by atoms with van der Waals surface area (Å²) in [5, 5.41) is 2.66. The number of ether oxygens (including phenoxy) is 9. The molecule has 1 amide bonds. The lowest BCUT2D eigenvalue weighted by Crippen LogP contribution is -2.57. The Labute approximate surface area is 262 Å². The van der Waals surface area contributed by atoms with Gasteiger partial charge in [-0.3, -0.25) is 19.2 Å². The van der Waals surface area contributed by atoms with E-state index in [1.165, 1.54) is 27.7 Å². The Morgan fingerprint density at radius 2 is 1.36 bits per heavy atom. The highest BCUT2D eigenvalue weighted by Gasteiger charge is 2.48. The van der Waals surface area contributed by atoms with Crippen LogP contribution in [0.5, 0.6) is 0 Å². The van der Waals surface area contributed by atoms with Crippen molar-refractivity contribution in [3.05, 3.63) is 35.9 Å². The van der Waals surface area contributed by atoms with E-state index >= 15 is 0 Å². The van der Waals surface area contributed by atoms with Crippen molar-refractivity contribution >= 4 is 29.8 Å². The second-order valence-corrected chi connectivity index (χ2v) is 9.93. The Morgan fingerprint density at radius 3 is 1.96 bits per heavy atom. The van der Waals surface area contributed by atoms with E-state index in [0.717, 1.165) is 5.56 Å². The molecule has 1 aliphatic heterocycles. The van der Waals surface area contributed by atoms with E-state index < -0.39 is 60.2 Å². The first-order valence-corrected chi connectivity index (χ1v) is 14.5. The Kier molecular flexibility index (Phi) is 17.7. The van der Waals surface area contributed by atoms with Crippen LogP contribution >= 0.6 is 0 Å². The summed E-state index contributed by atoms with van der Waals surface area (Å²) in [6, 6.07) is 8.25. The van der Waals surface area contributed by atoms with Crippen LogP contribution in [-0.2, 0) is 73.2 Å². The highest BCUT2D eigenvalue weighted by molar-refractivity contribution is 5.73. The molecule has 0 spiro atoms. The first kappa shape index (κ1) is 37.6. The van der Waals surface area contributed by atoms with Gasteiger partial charge in [0.05, 0.1) is 58.8 Å². The molecule has 252 valence electrons. The minimum atomic E-state index is -1.22. The van der Waals surface area contributed by atoms with Crippen LogP contribution in [0.15, 0.2) is 30.3 Å². The molecule has 1 aromatic carbocycles. The Hall–Kier alpha value is -3.63. The van der Waals surface area contributed by atoms with Gasteiger partial charge in [0.15, 0.2) is 12.4 Å². The molecule has 1 N–H and O–H groups in total. The van der Waals surface area contributed by atoms with E-state index in [1.807, 2.05) is 30.3 Å². The van der Waals surface area contributed by atoms with Crippen molar-refractivity contribution in [2.24, 2.45) is 5.92 Å². The largest absolute Gasteiger partial charge is 0.465 e. The van der Waals surface area contributed by atoms with Crippen LogP contribution in [0.3, 0.4) is 0 Å². The van der Waals surface area contributed by atoms with Crippen LogP contribution in [-0.4, -0.2) is 114 Å². The topological polar surface area (TPSA) is 180 Å². The second-order valence-electron chi connectivity index (χ2n) is 9.93. The maximum atomic E-state index is 12.1. The fourth-order valence-corrected chi connectivity index (χ4v) is 4.23. The quantitative estimate of drug-likeness (QED) is 0.127. The Morgan fingerprint density at radius 1 is 0.756 bits per heavy atom. The van der Waals surface area contributed by atoms with Crippen molar-refractivity contribution < 1.29 is 66.6 Å². The lowest BCUT2D eigenvalue weighted by Gasteiger charge is -2.34. The molecule has 2 rings (SSSR count). The first-order chi connectivity index (χ1) is 21.6. The molecule has 0 aliphatic carbocycles. The fraction of sp³-hybridized carbons (Fsp3) is 0.633. The molecule has 0 saturated carbocycles. The van der Waals surface area contributed by atoms with Gasteiger partial charge in [-0.25, -0.2) is 4.79 Å². The minimum absolute atomic E-state index is 0.0224. The summed E-state index contributed by atoms with van der Waals surface area (Å²) in [5.74, 6) is -3.61. The summed E-state index contributed by atoms with van der Waals surface area (Å²) in [7, 11) is 0. The molecular weight excluding hydrogens is 598 g/mol. The second kappa shape index (κ2) is 21.2. The normalized spacial score (nSPS) is 21.2. The summed E-state index contributed by atoms with van der Waals surface area (Å²) in [4.78, 5) is 59.2. The van der Waals surface area contributed by atoms with E-state index in [4.69, 9.17) is 42.6 Å². The number of amides is 1. The lowest BCUT2D eigenvalue weighted by molar-refractivity contribution is -0.188. The summed E-state index contributed by atoms with van der Waals surface area (Å²) < 4.78 is 49.1. The van der Waals surface area contributed by atoms with E-state index in [-0.39, 0.29) is 66.1 Å². The number of rotatable bonds is 19. The minimum Gasteiger partial charge on any atom is -0.465 e. The predicted octanol–water partition coefficient (Wildman–Crippen LogP) is 0.700. The lowest BCUT2D eigenvalue weighted by atomic mass is 9.95. The maximum Gasteiger partial charge on any atom is 0.332 e. The van der Waals surface area contributed by atoms with Crippen LogP contribution in [0.25, 0.3) is 0 Å². The molecule has 0 unspecified atom stereocenters. The van der Waals surface area contributed by atoms with E-state index in [2.05, 4.69) is 5.32 Å². The molecule has 1 heterocycles. The summed E-state index contributed by atoms with van der Waals surface area (Å²) in [6.07, 6.45) is -3.46. The van der Waals surface area contributed by atoms with E-state index in [0.29, 0.717) is 0 Å². The number of carbonyl (C=O) groups is 5. The number of benzene rings is 1. The zero-order chi connectivity index (χ0) is 33.0. The van der Waals surface area contributed by atoms with Crippen LogP contribution in [0.1, 0.15) is 33.3 Å². The molecule has 15 nitrogen and oxygen atoms in total. The molecule has 1 fully saturated rings. The van der Waals surface area contributed by atoms with Gasteiger partial charge in [-0.15, -0.1) is 0 Å². The summed E-state index contributed by atoms with van der Waals surface area (Å²) in [5.41, 5.74) is 0.887. The maximum absolute atomic E-state index is 12.1. The van der Waals surface area contributed by atoms with Crippen molar-refractivity contribution in [1.82, 2.24) is 5.32 Å². The predicted molar refractivity (Wildman–Crippen MR) is 153 cm³/mol. The van der Waals surface area contributed by atoms with E-state index in [9.17, 15) is 24.0 Å². The third kappa shape index (κ3) is 15.8. The molecular formula is C30H43NO14. The standard InChI is InChI=1S/C30H43NO14/c1-20(32)31-27-29(45-23(4)35)28(44-22(3)34)25(17-41-21(2)33)18-43-30(27)40-15-14-38-11-10-37-12-13-39-19-26(36)42-16-24-8-6-5-7-9-24/h5-9,25,27-30H,10-19H2,1-4H3,(H,31,32)/t25-,27+,28+,29+,30-/m0/s1. The molecule has 1 saturated heterocycles. The molecule has 1 aliphatic rings. The van der Waals surface area contributed by atoms with Gasteiger partial charge in [0.1, 0.15) is 25.4 Å². The first-order valence-electron chi connectivity index (χ1n) is 14.5. The SMILES string of the molecule is CC(=O)N[C@H]1[C@@H](OCCOCCOCCOCC(=O)OCc2ccccc2)OC[C@H](COC(C)=O)[C@@H](OC(C)=O)[C@@H]1OC(C)=O. The fourth-order valence-electron chi connectivity index (χ4n) is 4.23. The van der Waals surface area contributed by atoms with Gasteiger partial charge in [-0.2, -0.15) is 0 Å². The number of nitrogens with one attached hydrogen (secondary N) is 1. The number of hydrogen-bond acceptors (Lipinski definition) is 14. The molecule has 5 atom stereocenters. The zero-order valence-electron chi connectivity index (χ0n) is 26.1. The number of carbonyl (C=O) groups excluding carboxylic acids is 5. The van der Waals surface area contributed by atoms with Gasteiger partial charge in [0, 0.05) is 27.7 Å². The molecule has 45 heavy (non-hydrogen) atoms. The van der Waals surface area contributed by atoms with Crippen LogP contribution in [0.2, 0.25) is 0 Å². The number of hydrogen-bond donors (Lipinski definition) is 1. The zero-order valence-corrected chi connectivity index (χ0v) is 26.1. The molecule has 0 aromatic heterocycles. The molecule has 1 aromatic rings. The highest BCUT2D eigenvalue weighted by Crippen LogP contribution is 2.27. The Bertz CT molecular complexity index is 1070. The van der Waals surface area contributed by atoms with Crippen molar-refractivity contribution in [1.29, 1.82) is 0 Å². The molecule has 0 bridgehead atoms. The van der Waals surface area contributed by atoms with Gasteiger partial charge in [-0.1, -0.05) is 30.3 Å². The van der Waals surface area contributed by atoms with Crippen LogP contribution in [0.4, 0.5) is 0 Å². The van der Waals surface area contributed by atoms with Crippen molar-refractivity contribution in [2.45, 2.75) is 58.8 Å². The van der Waals surface area contributed by atoms with E-state index in [1.54, 1.807) is 0 Å². The highest BCUT2D eigenvalue weighted by atomic mass is 16.7. The molecule has 0 radical (unpaired) electrons. The average molecular weight is 642 g/mol. The monoisotopic (exact) mass is 641 g/mol. The third-order valence-corrected chi connectivity index (χ3v) is 6.10. The number of esters is 4. The summed E-state index contributed by atoms with van der Waals surface area (Å²) in [6.45, 7) is 5.61. The van der Waals surface area contributed by atoms with Gasteiger partial charge in [-0.05, 0) is 5.56 Å². The van der Waals surface area contributed by atoms with Crippen molar-refractivity contribution in [2.75, 3.05) is 59.5 Å². The third-order valence-electron chi connectivity index (χ3n) is 6.10. The Balaban J connectivity index is 1.77. The molecule has 15 heteroatoms. The van der Waals surface area contributed by atoms with Gasteiger partial charge >= 0.3 is 23.9 Å². The summed E-state index contributed by atoms with van der Waals surface area (Å²) >= 11 is 0.